The lowest BCUT2D eigenvalue weighted by molar-refractivity contribution is -0.387. The van der Waals surface area contributed by atoms with Crippen LogP contribution >= 0.6 is 11.8 Å². The Hall–Kier alpha value is -3.47. The number of nitro benzene ring substituents is 1. The Bertz CT molecular complexity index is 1070. The van der Waals surface area contributed by atoms with Gasteiger partial charge in [-0.3, -0.25) is 19.5 Å². The number of carbonyl (C=O) groups excluding carboxylic acids is 1. The molecule has 150 valence electrons. The Morgan fingerprint density at radius 2 is 2.07 bits per heavy atom. The van der Waals surface area contributed by atoms with Gasteiger partial charge in [0, 0.05) is 11.8 Å². The Kier molecular flexibility index (Phi) is 6.07. The zero-order valence-corrected chi connectivity index (χ0v) is 16.3. The third-order valence-corrected chi connectivity index (χ3v) is 4.81. The van der Waals surface area contributed by atoms with Crippen LogP contribution in [0.2, 0.25) is 0 Å². The van der Waals surface area contributed by atoms with Gasteiger partial charge in [0.25, 0.3) is 0 Å². The van der Waals surface area contributed by atoms with Crippen molar-refractivity contribution in [3.05, 3.63) is 64.2 Å². The Labute approximate surface area is 169 Å². The molecule has 0 aliphatic heterocycles. The molecule has 1 N–H and O–H groups in total. The Morgan fingerprint density at radius 3 is 2.79 bits per heavy atom. The van der Waals surface area contributed by atoms with E-state index in [2.05, 4.69) is 15.5 Å². The summed E-state index contributed by atoms with van der Waals surface area (Å²) in [6.07, 6.45) is 0. The average Bonchev–Trinajstić information content (AvgIpc) is 3.07. The molecule has 0 atom stereocenters. The summed E-state index contributed by atoms with van der Waals surface area (Å²) >= 11 is 1.14. The second-order valence-corrected chi connectivity index (χ2v) is 6.74. The van der Waals surface area contributed by atoms with Crippen LogP contribution < -0.4 is 10.1 Å². The van der Waals surface area contributed by atoms with E-state index in [1.807, 2.05) is 18.2 Å². The number of aromatic nitrogens is 3. The van der Waals surface area contributed by atoms with Crippen LogP contribution in [0.15, 0.2) is 47.6 Å². The van der Waals surface area contributed by atoms with Crippen molar-refractivity contribution in [1.29, 1.82) is 0 Å². The maximum absolute atomic E-state index is 13.4. The molecule has 1 heterocycles. The minimum absolute atomic E-state index is 0.0293. The van der Waals surface area contributed by atoms with E-state index in [-0.39, 0.29) is 11.4 Å². The number of halogens is 1. The fraction of sp³-hybridized carbons (Fsp3) is 0.167. The molecule has 0 fully saturated rings. The topological polar surface area (TPSA) is 112 Å². The van der Waals surface area contributed by atoms with Gasteiger partial charge in [0.05, 0.1) is 23.5 Å². The van der Waals surface area contributed by atoms with E-state index in [4.69, 9.17) is 4.74 Å². The van der Waals surface area contributed by atoms with E-state index in [1.54, 1.807) is 24.7 Å². The molecule has 0 saturated heterocycles. The van der Waals surface area contributed by atoms with Crippen LogP contribution in [0.1, 0.15) is 5.82 Å². The van der Waals surface area contributed by atoms with Crippen molar-refractivity contribution in [1.82, 2.24) is 14.8 Å². The summed E-state index contributed by atoms with van der Waals surface area (Å²) in [5.74, 6) is -0.184. The van der Waals surface area contributed by atoms with E-state index < -0.39 is 22.3 Å². The summed E-state index contributed by atoms with van der Waals surface area (Å²) in [6, 6.07) is 10.5. The van der Waals surface area contributed by atoms with E-state index in [1.165, 1.54) is 6.07 Å². The summed E-state index contributed by atoms with van der Waals surface area (Å²) in [6.45, 7) is 1.78. The number of benzene rings is 2. The van der Waals surface area contributed by atoms with Crippen LogP contribution in [0.4, 0.5) is 15.8 Å². The van der Waals surface area contributed by atoms with Gasteiger partial charge >= 0.3 is 5.69 Å². The van der Waals surface area contributed by atoms with Gasteiger partial charge in [0.1, 0.15) is 11.6 Å². The van der Waals surface area contributed by atoms with Crippen molar-refractivity contribution < 1.29 is 18.8 Å². The number of methoxy groups -OCH3 is 1. The number of amides is 1. The van der Waals surface area contributed by atoms with Crippen molar-refractivity contribution in [2.24, 2.45) is 0 Å². The highest BCUT2D eigenvalue weighted by atomic mass is 32.2. The fourth-order valence-electron chi connectivity index (χ4n) is 2.59. The van der Waals surface area contributed by atoms with Crippen molar-refractivity contribution in [2.75, 3.05) is 18.2 Å². The van der Waals surface area contributed by atoms with Crippen molar-refractivity contribution in [2.45, 2.75) is 12.1 Å². The fourth-order valence-corrected chi connectivity index (χ4v) is 3.38. The van der Waals surface area contributed by atoms with Crippen molar-refractivity contribution in [3.8, 4) is 11.4 Å². The van der Waals surface area contributed by atoms with Crippen LogP contribution in [-0.4, -0.2) is 38.5 Å². The average molecular weight is 417 g/mol. The van der Waals surface area contributed by atoms with Crippen LogP contribution in [-0.2, 0) is 4.79 Å². The lowest BCUT2D eigenvalue weighted by atomic mass is 10.2. The summed E-state index contributed by atoms with van der Waals surface area (Å²) in [5, 5.41) is 22.0. The van der Waals surface area contributed by atoms with Crippen molar-refractivity contribution in [3.63, 3.8) is 0 Å². The van der Waals surface area contributed by atoms with Crippen LogP contribution in [0.5, 0.6) is 5.75 Å². The van der Waals surface area contributed by atoms with Gasteiger partial charge in [-0.15, -0.1) is 10.2 Å². The largest absolute Gasteiger partial charge is 0.495 e. The van der Waals surface area contributed by atoms with E-state index in [9.17, 15) is 19.3 Å². The molecule has 0 aliphatic carbocycles. The first-order valence-electron chi connectivity index (χ1n) is 8.32. The molecule has 2 aromatic carbocycles. The molecule has 0 saturated carbocycles. The van der Waals surface area contributed by atoms with Crippen molar-refractivity contribution >= 4 is 29.0 Å². The highest BCUT2D eigenvalue weighted by Gasteiger charge is 2.18. The maximum atomic E-state index is 13.4. The molecule has 0 aliphatic rings. The number of nitro groups is 1. The van der Waals surface area contributed by atoms with Gasteiger partial charge in [-0.2, -0.15) is 4.39 Å². The lowest BCUT2D eigenvalue weighted by Crippen LogP contribution is -2.15. The zero-order chi connectivity index (χ0) is 21.0. The number of nitrogens with zero attached hydrogens (tertiary/aromatic N) is 4. The standard InChI is InChI=1S/C18H16FN5O4S/c1-11-21-22-18(23(11)14-5-3-4-6-16(14)28-2)29-10-17(25)20-12-7-8-13(19)15(9-12)24(26)27/h3-9H,10H2,1-2H3,(H,20,25). The normalized spacial score (nSPS) is 10.6. The number of aryl methyl sites for hydroxylation is 1. The minimum atomic E-state index is -0.970. The Morgan fingerprint density at radius 1 is 1.31 bits per heavy atom. The summed E-state index contributed by atoms with van der Waals surface area (Å²) in [7, 11) is 1.56. The summed E-state index contributed by atoms with van der Waals surface area (Å²) in [5.41, 5.74) is 0.155. The number of carbonyl (C=O) groups is 1. The monoisotopic (exact) mass is 417 g/mol. The molecule has 9 nitrogen and oxygen atoms in total. The van der Waals surface area contributed by atoms with Gasteiger partial charge in [0.15, 0.2) is 5.16 Å². The highest BCUT2D eigenvalue weighted by Crippen LogP contribution is 2.28. The lowest BCUT2D eigenvalue weighted by Gasteiger charge is -2.12. The number of nitrogens with one attached hydrogen (secondary N) is 1. The van der Waals surface area contributed by atoms with Gasteiger partial charge in [-0.05, 0) is 31.2 Å². The smallest absolute Gasteiger partial charge is 0.306 e. The number of thioether (sulfide) groups is 1. The van der Waals surface area contributed by atoms with Gasteiger partial charge in [0.2, 0.25) is 11.7 Å². The predicted octanol–water partition coefficient (Wildman–Crippen LogP) is 3.36. The third kappa shape index (κ3) is 4.51. The molecule has 1 aromatic heterocycles. The molecule has 29 heavy (non-hydrogen) atoms. The van der Waals surface area contributed by atoms with Crippen LogP contribution in [0, 0.1) is 22.9 Å². The van der Waals surface area contributed by atoms with Crippen LogP contribution in [0.25, 0.3) is 5.69 Å². The first kappa shape index (κ1) is 20.3. The second kappa shape index (κ2) is 8.69. The highest BCUT2D eigenvalue weighted by molar-refractivity contribution is 7.99. The molecule has 3 aromatic rings. The molecular formula is C18H16FN5O4S. The van der Waals surface area contributed by atoms with E-state index in [0.717, 1.165) is 29.6 Å². The number of anilines is 1. The molecule has 11 heteroatoms. The first-order chi connectivity index (χ1) is 13.9. The predicted molar refractivity (Wildman–Crippen MR) is 105 cm³/mol. The number of ether oxygens (including phenoxy) is 1. The van der Waals surface area contributed by atoms with E-state index in [0.29, 0.717) is 16.7 Å². The molecule has 0 unspecified atom stereocenters. The molecular weight excluding hydrogens is 401 g/mol. The molecule has 0 bridgehead atoms. The number of hydrogen-bond donors (Lipinski definition) is 1. The SMILES string of the molecule is COc1ccccc1-n1c(C)nnc1SCC(=O)Nc1ccc(F)c([N+](=O)[O-])c1. The van der Waals surface area contributed by atoms with E-state index >= 15 is 0 Å². The van der Waals surface area contributed by atoms with Gasteiger partial charge < -0.3 is 10.1 Å². The number of rotatable bonds is 7. The van der Waals surface area contributed by atoms with Gasteiger partial charge in [-0.1, -0.05) is 23.9 Å². The molecule has 0 spiro atoms. The Balaban J connectivity index is 1.74. The summed E-state index contributed by atoms with van der Waals surface area (Å²) < 4.78 is 20.5. The zero-order valence-electron chi connectivity index (χ0n) is 15.5. The number of para-hydroxylation sites is 2. The first-order valence-corrected chi connectivity index (χ1v) is 9.31. The molecule has 0 radical (unpaired) electrons. The summed E-state index contributed by atoms with van der Waals surface area (Å²) in [4.78, 5) is 22.2. The third-order valence-electron chi connectivity index (χ3n) is 3.88. The number of hydrogen-bond acceptors (Lipinski definition) is 7. The van der Waals surface area contributed by atoms with Gasteiger partial charge in [-0.25, -0.2) is 0 Å². The maximum Gasteiger partial charge on any atom is 0.306 e. The molecule has 1 amide bonds. The quantitative estimate of drug-likeness (QED) is 0.356. The second-order valence-electron chi connectivity index (χ2n) is 5.80. The molecule has 3 rings (SSSR count). The van der Waals surface area contributed by atoms with Crippen LogP contribution in [0.3, 0.4) is 0 Å². The minimum Gasteiger partial charge on any atom is -0.495 e.